The fraction of sp³-hybridized carbons (Fsp3) is 0.267. The molecule has 0 radical (unpaired) electrons. The van der Waals surface area contributed by atoms with Gasteiger partial charge in [-0.15, -0.1) is 23.4 Å². The standard InChI is InChI=1S/C15H11F5N4O2/c1-25-7-8-4-9(26-15(18,19)20)2-3-10(8)11-6-24-12(5-21-11)22-23-14(24)13(16)17/h2-6,13H,7H2,1H3. The Bertz CT molecular complexity index is 926. The largest absolute Gasteiger partial charge is 0.573 e. The van der Waals surface area contributed by atoms with Gasteiger partial charge in [0.1, 0.15) is 5.75 Å². The number of nitrogens with zero attached hydrogens (tertiary/aromatic N) is 4. The first-order chi connectivity index (χ1) is 12.3. The highest BCUT2D eigenvalue weighted by Crippen LogP contribution is 2.30. The third kappa shape index (κ3) is 3.72. The van der Waals surface area contributed by atoms with E-state index in [1.807, 2.05) is 0 Å². The summed E-state index contributed by atoms with van der Waals surface area (Å²) in [5.74, 6) is -0.985. The summed E-state index contributed by atoms with van der Waals surface area (Å²) in [6, 6.07) is 3.60. The van der Waals surface area contributed by atoms with Gasteiger partial charge in [-0.1, -0.05) is 0 Å². The molecule has 3 rings (SSSR count). The number of hydrogen-bond acceptors (Lipinski definition) is 5. The number of benzene rings is 1. The fourth-order valence-corrected chi connectivity index (χ4v) is 2.40. The van der Waals surface area contributed by atoms with Crippen LogP contribution < -0.4 is 4.74 Å². The maximum atomic E-state index is 13.0. The zero-order valence-corrected chi connectivity index (χ0v) is 13.2. The third-order valence-corrected chi connectivity index (χ3v) is 3.40. The number of aromatic nitrogens is 4. The second-order valence-electron chi connectivity index (χ2n) is 5.16. The lowest BCUT2D eigenvalue weighted by Gasteiger charge is -2.13. The van der Waals surface area contributed by atoms with Crippen molar-refractivity contribution in [2.75, 3.05) is 7.11 Å². The highest BCUT2D eigenvalue weighted by Gasteiger charge is 2.31. The number of fused-ring (bicyclic) bond motifs is 1. The van der Waals surface area contributed by atoms with Gasteiger partial charge < -0.3 is 9.47 Å². The van der Waals surface area contributed by atoms with Gasteiger partial charge in [-0.2, -0.15) is 0 Å². The maximum absolute atomic E-state index is 13.0. The molecule has 0 saturated heterocycles. The van der Waals surface area contributed by atoms with Crippen LogP contribution in [0.25, 0.3) is 16.9 Å². The Kier molecular flexibility index (Phi) is 4.72. The van der Waals surface area contributed by atoms with E-state index in [4.69, 9.17) is 4.74 Å². The van der Waals surface area contributed by atoms with Gasteiger partial charge in [-0.3, -0.25) is 9.38 Å². The average Bonchev–Trinajstić information content (AvgIpc) is 2.97. The van der Waals surface area contributed by atoms with Gasteiger partial charge in [0.25, 0.3) is 6.43 Å². The molecule has 0 atom stereocenters. The summed E-state index contributed by atoms with van der Waals surface area (Å²) in [4.78, 5) is 4.11. The molecule has 0 N–H and O–H groups in total. The number of halogens is 5. The van der Waals surface area contributed by atoms with Crippen molar-refractivity contribution in [1.29, 1.82) is 0 Å². The normalized spacial score (nSPS) is 12.1. The van der Waals surface area contributed by atoms with E-state index in [0.717, 1.165) is 16.5 Å². The Morgan fingerprint density at radius 3 is 2.62 bits per heavy atom. The van der Waals surface area contributed by atoms with Crippen LogP contribution in [0.5, 0.6) is 5.75 Å². The molecule has 1 aromatic carbocycles. The molecule has 0 aliphatic rings. The third-order valence-electron chi connectivity index (χ3n) is 3.40. The van der Waals surface area contributed by atoms with Crippen LogP contribution in [0, 0.1) is 0 Å². The van der Waals surface area contributed by atoms with Crippen LogP contribution in [0.3, 0.4) is 0 Å². The first kappa shape index (κ1) is 18.0. The Hall–Kier alpha value is -2.82. The van der Waals surface area contributed by atoms with Gasteiger partial charge in [0.2, 0.25) is 5.82 Å². The van der Waals surface area contributed by atoms with Crippen LogP contribution in [-0.4, -0.2) is 33.1 Å². The number of ether oxygens (including phenoxy) is 2. The Morgan fingerprint density at radius 2 is 1.96 bits per heavy atom. The predicted molar refractivity (Wildman–Crippen MR) is 78.6 cm³/mol. The van der Waals surface area contributed by atoms with Crippen molar-refractivity contribution >= 4 is 5.65 Å². The molecule has 0 saturated carbocycles. The van der Waals surface area contributed by atoms with E-state index in [1.54, 1.807) is 0 Å². The van der Waals surface area contributed by atoms with E-state index in [2.05, 4.69) is 19.9 Å². The molecule has 0 aliphatic carbocycles. The Labute approximate surface area is 143 Å². The summed E-state index contributed by atoms with van der Waals surface area (Å²) in [5.41, 5.74) is 1.10. The summed E-state index contributed by atoms with van der Waals surface area (Å²) in [7, 11) is 1.37. The monoisotopic (exact) mass is 374 g/mol. The number of rotatable bonds is 5. The van der Waals surface area contributed by atoms with Crippen molar-refractivity contribution in [2.24, 2.45) is 0 Å². The average molecular weight is 374 g/mol. The van der Waals surface area contributed by atoms with Gasteiger partial charge >= 0.3 is 6.36 Å². The highest BCUT2D eigenvalue weighted by molar-refractivity contribution is 5.65. The summed E-state index contributed by atoms with van der Waals surface area (Å²) in [5, 5.41) is 6.98. The lowest BCUT2D eigenvalue weighted by Crippen LogP contribution is -2.17. The molecular formula is C15H11F5N4O2. The molecule has 6 nitrogen and oxygen atoms in total. The quantitative estimate of drug-likeness (QED) is 0.636. The summed E-state index contributed by atoms with van der Waals surface area (Å²) in [6.07, 6.45) is -5.15. The van der Waals surface area contributed by atoms with E-state index in [1.165, 1.54) is 25.6 Å². The van der Waals surface area contributed by atoms with E-state index in [0.29, 0.717) is 11.1 Å². The van der Waals surface area contributed by atoms with Gasteiger partial charge in [0.15, 0.2) is 5.65 Å². The van der Waals surface area contributed by atoms with Crippen LogP contribution >= 0.6 is 0 Å². The topological polar surface area (TPSA) is 61.5 Å². The first-order valence-corrected chi connectivity index (χ1v) is 7.15. The Balaban J connectivity index is 2.07. The molecule has 0 bridgehead atoms. The lowest BCUT2D eigenvalue weighted by molar-refractivity contribution is -0.274. The minimum atomic E-state index is -4.84. The molecule has 0 aliphatic heterocycles. The summed E-state index contributed by atoms with van der Waals surface area (Å²) < 4.78 is 73.1. The maximum Gasteiger partial charge on any atom is 0.573 e. The van der Waals surface area contributed by atoms with Gasteiger partial charge in [0.05, 0.1) is 18.5 Å². The van der Waals surface area contributed by atoms with E-state index in [-0.39, 0.29) is 17.9 Å². The molecule has 2 aromatic heterocycles. The second kappa shape index (κ2) is 6.83. The zero-order chi connectivity index (χ0) is 18.9. The number of methoxy groups -OCH3 is 1. The molecule has 11 heteroatoms. The second-order valence-corrected chi connectivity index (χ2v) is 5.16. The SMILES string of the molecule is COCc1cc(OC(F)(F)F)ccc1-c1cn2c(C(F)F)nnc2cn1. The van der Waals surface area contributed by atoms with E-state index < -0.39 is 24.4 Å². The van der Waals surface area contributed by atoms with Crippen LogP contribution in [0.2, 0.25) is 0 Å². The number of alkyl halides is 5. The predicted octanol–water partition coefficient (Wildman–Crippen LogP) is 3.77. The fourth-order valence-electron chi connectivity index (χ4n) is 2.40. The van der Waals surface area contributed by atoms with Gasteiger partial charge in [-0.05, 0) is 23.8 Å². The smallest absolute Gasteiger partial charge is 0.406 e. The van der Waals surface area contributed by atoms with Gasteiger partial charge in [-0.25, -0.2) is 8.78 Å². The molecule has 138 valence electrons. The molecular weight excluding hydrogens is 363 g/mol. The summed E-state index contributed by atoms with van der Waals surface area (Å²) in [6.45, 7) is -0.0337. The molecule has 3 aromatic rings. The molecule has 0 fully saturated rings. The van der Waals surface area contributed by atoms with Crippen molar-refractivity contribution < 1.29 is 31.4 Å². The summed E-state index contributed by atoms with van der Waals surface area (Å²) >= 11 is 0. The van der Waals surface area contributed by atoms with Crippen molar-refractivity contribution in [3.63, 3.8) is 0 Å². The molecule has 0 spiro atoms. The van der Waals surface area contributed by atoms with Crippen LogP contribution in [-0.2, 0) is 11.3 Å². The van der Waals surface area contributed by atoms with E-state index >= 15 is 0 Å². The van der Waals surface area contributed by atoms with Crippen LogP contribution in [0.4, 0.5) is 22.0 Å². The highest BCUT2D eigenvalue weighted by atomic mass is 19.4. The minimum absolute atomic E-state index is 0.0337. The van der Waals surface area contributed by atoms with Crippen LogP contribution in [0.1, 0.15) is 17.8 Å². The van der Waals surface area contributed by atoms with Crippen molar-refractivity contribution in [3.05, 3.63) is 42.0 Å². The van der Waals surface area contributed by atoms with Crippen LogP contribution in [0.15, 0.2) is 30.6 Å². The number of hydrogen-bond donors (Lipinski definition) is 0. The lowest BCUT2D eigenvalue weighted by atomic mass is 10.0. The molecule has 2 heterocycles. The van der Waals surface area contributed by atoms with Gasteiger partial charge in [0, 0.05) is 18.9 Å². The Morgan fingerprint density at radius 1 is 1.19 bits per heavy atom. The molecule has 26 heavy (non-hydrogen) atoms. The van der Waals surface area contributed by atoms with Crippen molar-refractivity contribution in [1.82, 2.24) is 19.6 Å². The molecule has 0 amide bonds. The minimum Gasteiger partial charge on any atom is -0.406 e. The van der Waals surface area contributed by atoms with E-state index in [9.17, 15) is 22.0 Å². The zero-order valence-electron chi connectivity index (χ0n) is 13.2. The molecule has 0 unspecified atom stereocenters. The van der Waals surface area contributed by atoms with Crippen molar-refractivity contribution in [3.8, 4) is 17.0 Å². The first-order valence-electron chi connectivity index (χ1n) is 7.15. The van der Waals surface area contributed by atoms with Crippen molar-refractivity contribution in [2.45, 2.75) is 19.4 Å².